The van der Waals surface area contributed by atoms with Crippen molar-refractivity contribution in [2.24, 2.45) is 0 Å². The molecule has 0 saturated heterocycles. The Kier molecular flexibility index (Phi) is 9.68. The lowest BCUT2D eigenvalue weighted by atomic mass is 10.0. The number of furan rings is 1. The summed E-state index contributed by atoms with van der Waals surface area (Å²) >= 11 is 0. The van der Waals surface area contributed by atoms with Crippen molar-refractivity contribution in [1.82, 2.24) is 5.32 Å². The molecule has 1 heterocycles. The molecule has 0 fully saturated rings. The van der Waals surface area contributed by atoms with Gasteiger partial charge in [-0.25, -0.2) is 4.79 Å². The van der Waals surface area contributed by atoms with Crippen molar-refractivity contribution in [3.05, 3.63) is 48.0 Å². The van der Waals surface area contributed by atoms with Crippen LogP contribution in [0.1, 0.15) is 87.9 Å². The monoisotopic (exact) mass is 465 g/mol. The highest BCUT2D eigenvalue weighted by Gasteiger charge is 2.24. The molecule has 0 aliphatic heterocycles. The van der Waals surface area contributed by atoms with E-state index in [1.807, 2.05) is 24.3 Å². The van der Waals surface area contributed by atoms with Crippen LogP contribution in [-0.4, -0.2) is 28.8 Å². The summed E-state index contributed by atoms with van der Waals surface area (Å²) in [4.78, 5) is 36.8. The number of hydrogen-bond donors (Lipinski definition) is 2. The second kappa shape index (κ2) is 12.9. The van der Waals surface area contributed by atoms with Crippen LogP contribution < -0.4 is 5.32 Å². The van der Waals surface area contributed by atoms with Crippen molar-refractivity contribution in [3.63, 3.8) is 0 Å². The van der Waals surface area contributed by atoms with Gasteiger partial charge in [-0.2, -0.15) is 0 Å². The van der Waals surface area contributed by atoms with Gasteiger partial charge < -0.3 is 14.8 Å². The SMILES string of the molecule is CCCCCCCCCCCC(=O)NC(CC(=O)c1ccc2oc3ccccc3c2c1)C(=O)O. The van der Waals surface area contributed by atoms with Crippen LogP contribution >= 0.6 is 0 Å². The van der Waals surface area contributed by atoms with Gasteiger partial charge in [0.15, 0.2) is 5.78 Å². The topological polar surface area (TPSA) is 96.6 Å². The van der Waals surface area contributed by atoms with Crippen molar-refractivity contribution in [2.45, 2.75) is 83.6 Å². The standard InChI is InChI=1S/C28H35NO5/c1-2-3-4-5-6-7-8-9-10-15-27(31)29-23(28(32)33)19-24(30)20-16-17-26-22(18-20)21-13-11-12-14-25(21)34-26/h11-14,16-18,23H,2-10,15,19H2,1H3,(H,29,31)(H,32,33). The number of nitrogens with one attached hydrogen (secondary N) is 1. The molecular formula is C28H35NO5. The Hall–Kier alpha value is -3.15. The molecule has 2 N–H and O–H groups in total. The Balaban J connectivity index is 1.48. The number of ketones is 1. The fraction of sp³-hybridized carbons (Fsp3) is 0.464. The minimum Gasteiger partial charge on any atom is -0.480 e. The highest BCUT2D eigenvalue weighted by molar-refractivity contribution is 6.09. The van der Waals surface area contributed by atoms with Crippen LogP contribution in [0.25, 0.3) is 21.9 Å². The lowest BCUT2D eigenvalue weighted by molar-refractivity contribution is -0.141. The Labute approximate surface area is 200 Å². The number of carboxylic acid groups (broad SMARTS) is 1. The van der Waals surface area contributed by atoms with Gasteiger partial charge in [0.25, 0.3) is 0 Å². The molecule has 0 bridgehead atoms. The predicted molar refractivity (Wildman–Crippen MR) is 134 cm³/mol. The molecule has 1 amide bonds. The Bertz CT molecular complexity index is 1120. The molecule has 3 rings (SSSR count). The van der Waals surface area contributed by atoms with Gasteiger partial charge in [-0.3, -0.25) is 9.59 Å². The quantitative estimate of drug-likeness (QED) is 0.193. The summed E-state index contributed by atoms with van der Waals surface area (Å²) in [6, 6.07) is 11.4. The molecule has 0 aliphatic carbocycles. The van der Waals surface area contributed by atoms with Gasteiger partial charge >= 0.3 is 5.97 Å². The first-order chi connectivity index (χ1) is 16.5. The Morgan fingerprint density at radius 3 is 2.21 bits per heavy atom. The summed E-state index contributed by atoms with van der Waals surface area (Å²) in [5.41, 5.74) is 1.80. The molecule has 2 aromatic carbocycles. The summed E-state index contributed by atoms with van der Waals surface area (Å²) in [7, 11) is 0. The van der Waals surface area contributed by atoms with E-state index in [-0.39, 0.29) is 24.5 Å². The van der Waals surface area contributed by atoms with E-state index in [2.05, 4.69) is 12.2 Å². The number of fused-ring (bicyclic) bond motifs is 3. The van der Waals surface area contributed by atoms with Crippen molar-refractivity contribution < 1.29 is 23.9 Å². The Morgan fingerprint density at radius 1 is 0.853 bits per heavy atom. The molecule has 1 atom stereocenters. The average Bonchev–Trinajstić information content (AvgIpc) is 3.20. The number of aliphatic carboxylic acids is 1. The smallest absolute Gasteiger partial charge is 0.326 e. The van der Waals surface area contributed by atoms with E-state index in [1.165, 1.54) is 38.5 Å². The molecule has 34 heavy (non-hydrogen) atoms. The zero-order chi connectivity index (χ0) is 24.3. The number of para-hydroxylation sites is 1. The van der Waals surface area contributed by atoms with Crippen LogP contribution in [-0.2, 0) is 9.59 Å². The second-order valence-electron chi connectivity index (χ2n) is 8.97. The molecule has 3 aromatic rings. The van der Waals surface area contributed by atoms with Crippen LogP contribution in [0.2, 0.25) is 0 Å². The molecule has 1 unspecified atom stereocenters. The predicted octanol–water partition coefficient (Wildman–Crippen LogP) is 6.65. The number of benzene rings is 2. The number of carbonyl (C=O) groups excluding carboxylic acids is 2. The van der Waals surface area contributed by atoms with Crippen LogP contribution in [0.3, 0.4) is 0 Å². The van der Waals surface area contributed by atoms with E-state index >= 15 is 0 Å². The van der Waals surface area contributed by atoms with E-state index < -0.39 is 12.0 Å². The third kappa shape index (κ3) is 7.17. The van der Waals surface area contributed by atoms with Gasteiger partial charge in [-0.15, -0.1) is 0 Å². The number of carboxylic acids is 1. The van der Waals surface area contributed by atoms with Crippen molar-refractivity contribution in [3.8, 4) is 0 Å². The summed E-state index contributed by atoms with van der Waals surface area (Å²) in [6.07, 6.45) is 10.3. The molecule has 0 saturated carbocycles. The van der Waals surface area contributed by atoms with Crippen molar-refractivity contribution >= 4 is 39.6 Å². The molecule has 0 aliphatic rings. The lowest BCUT2D eigenvalue weighted by Crippen LogP contribution is -2.42. The summed E-state index contributed by atoms with van der Waals surface area (Å²) in [5, 5.41) is 13.8. The van der Waals surface area contributed by atoms with Gasteiger partial charge in [0.2, 0.25) is 5.91 Å². The molecule has 6 heteroatoms. The van der Waals surface area contributed by atoms with E-state index in [9.17, 15) is 19.5 Å². The van der Waals surface area contributed by atoms with Crippen LogP contribution in [0, 0.1) is 0 Å². The fourth-order valence-corrected chi connectivity index (χ4v) is 4.27. The van der Waals surface area contributed by atoms with Crippen molar-refractivity contribution in [2.75, 3.05) is 0 Å². The normalized spacial score (nSPS) is 12.1. The zero-order valence-electron chi connectivity index (χ0n) is 20.0. The largest absolute Gasteiger partial charge is 0.480 e. The van der Waals surface area contributed by atoms with Gasteiger partial charge in [-0.1, -0.05) is 76.5 Å². The summed E-state index contributed by atoms with van der Waals surface area (Å²) in [5.74, 6) is -1.86. The van der Waals surface area contributed by atoms with Crippen LogP contribution in [0.5, 0.6) is 0 Å². The number of rotatable bonds is 15. The molecule has 1 aromatic heterocycles. The first-order valence-corrected chi connectivity index (χ1v) is 12.5. The highest BCUT2D eigenvalue weighted by Crippen LogP contribution is 2.29. The molecular weight excluding hydrogens is 430 g/mol. The van der Waals surface area contributed by atoms with Gasteiger partial charge in [0, 0.05) is 29.2 Å². The minimum absolute atomic E-state index is 0.279. The van der Waals surface area contributed by atoms with E-state index in [0.717, 1.165) is 35.6 Å². The van der Waals surface area contributed by atoms with Gasteiger partial charge in [0.05, 0.1) is 0 Å². The fourth-order valence-electron chi connectivity index (χ4n) is 4.27. The Morgan fingerprint density at radius 2 is 1.50 bits per heavy atom. The third-order valence-electron chi connectivity index (χ3n) is 6.23. The van der Waals surface area contributed by atoms with E-state index in [0.29, 0.717) is 11.1 Å². The number of unbranched alkanes of at least 4 members (excludes halogenated alkanes) is 8. The maximum absolute atomic E-state index is 12.8. The molecule has 182 valence electrons. The number of carbonyl (C=O) groups is 3. The minimum atomic E-state index is -1.24. The van der Waals surface area contributed by atoms with E-state index in [4.69, 9.17) is 4.42 Å². The second-order valence-corrected chi connectivity index (χ2v) is 8.97. The van der Waals surface area contributed by atoms with Crippen LogP contribution in [0.15, 0.2) is 46.9 Å². The lowest BCUT2D eigenvalue weighted by Gasteiger charge is -2.14. The highest BCUT2D eigenvalue weighted by atomic mass is 16.4. The maximum atomic E-state index is 12.8. The number of amides is 1. The number of hydrogen-bond acceptors (Lipinski definition) is 4. The molecule has 6 nitrogen and oxygen atoms in total. The first-order valence-electron chi connectivity index (χ1n) is 12.5. The zero-order valence-corrected chi connectivity index (χ0v) is 20.0. The van der Waals surface area contributed by atoms with Gasteiger partial charge in [0.1, 0.15) is 17.2 Å². The average molecular weight is 466 g/mol. The third-order valence-corrected chi connectivity index (χ3v) is 6.23. The summed E-state index contributed by atoms with van der Waals surface area (Å²) in [6.45, 7) is 2.21. The van der Waals surface area contributed by atoms with Gasteiger partial charge in [-0.05, 0) is 30.7 Å². The molecule has 0 radical (unpaired) electrons. The van der Waals surface area contributed by atoms with E-state index in [1.54, 1.807) is 18.2 Å². The number of Topliss-reactive ketones (excluding diaryl/α,β-unsaturated/α-hetero) is 1. The maximum Gasteiger partial charge on any atom is 0.326 e. The van der Waals surface area contributed by atoms with Crippen LogP contribution in [0.4, 0.5) is 0 Å². The first kappa shape index (κ1) is 25.5. The molecule has 0 spiro atoms. The summed E-state index contributed by atoms with van der Waals surface area (Å²) < 4.78 is 5.78. The van der Waals surface area contributed by atoms with Crippen molar-refractivity contribution in [1.29, 1.82) is 0 Å².